The Morgan fingerprint density at radius 2 is 0.941 bits per heavy atom. The van der Waals surface area contributed by atoms with Crippen molar-refractivity contribution in [1.82, 2.24) is 0 Å². The van der Waals surface area contributed by atoms with Gasteiger partial charge in [-0.25, -0.2) is 19.4 Å². The second-order valence-electron chi connectivity index (χ2n) is 9.72. The summed E-state index contributed by atoms with van der Waals surface area (Å²) in [5.41, 5.74) is 0.463. The summed E-state index contributed by atoms with van der Waals surface area (Å²) in [7, 11) is 0. The highest BCUT2D eigenvalue weighted by Crippen LogP contribution is 2.15. The van der Waals surface area contributed by atoms with Crippen LogP contribution >= 0.6 is 0 Å². The molecule has 34 heavy (non-hydrogen) atoms. The standard InChI is InChI=1S/C30H54O4/c1-4-6-7-8-9-10-11-12-13-14-15-16-17-18-19-20-21-22-23-24-25-26-27-28(3)30(32)34-33-29(31)5-2/h5,27H,2,4,6-26H2,1,3H3. The Hall–Kier alpha value is -1.58. The third-order valence-corrected chi connectivity index (χ3v) is 6.45. The molecule has 0 bridgehead atoms. The summed E-state index contributed by atoms with van der Waals surface area (Å²) in [5.74, 6) is -1.40. The Kier molecular flexibility index (Phi) is 24.8. The molecule has 0 rings (SSSR count). The number of allylic oxidation sites excluding steroid dienone is 1. The minimum Gasteiger partial charge on any atom is -0.242 e. The topological polar surface area (TPSA) is 52.6 Å². The highest BCUT2D eigenvalue weighted by atomic mass is 17.2. The number of carbonyl (C=O) groups is 2. The molecule has 0 fully saturated rings. The number of hydrogen-bond donors (Lipinski definition) is 0. The average molecular weight is 479 g/mol. The van der Waals surface area contributed by atoms with Crippen molar-refractivity contribution in [2.24, 2.45) is 0 Å². The summed E-state index contributed by atoms with van der Waals surface area (Å²) in [6.07, 6.45) is 32.6. The molecular formula is C30H54O4. The van der Waals surface area contributed by atoms with Gasteiger partial charge >= 0.3 is 11.9 Å². The van der Waals surface area contributed by atoms with E-state index in [1.807, 2.05) is 6.08 Å². The Bertz CT molecular complexity index is 524. The van der Waals surface area contributed by atoms with Crippen LogP contribution in [-0.4, -0.2) is 11.9 Å². The molecule has 0 amide bonds. The molecule has 0 atom stereocenters. The second kappa shape index (κ2) is 26.0. The first-order chi connectivity index (χ1) is 16.6. The van der Waals surface area contributed by atoms with Crippen molar-refractivity contribution >= 4 is 11.9 Å². The fourth-order valence-electron chi connectivity index (χ4n) is 4.16. The number of hydrogen-bond acceptors (Lipinski definition) is 4. The van der Waals surface area contributed by atoms with Gasteiger partial charge in [-0.15, -0.1) is 0 Å². The van der Waals surface area contributed by atoms with Gasteiger partial charge in [-0.3, -0.25) is 0 Å². The molecule has 4 nitrogen and oxygen atoms in total. The number of unbranched alkanes of at least 4 members (excludes halogenated alkanes) is 21. The fourth-order valence-corrected chi connectivity index (χ4v) is 4.16. The van der Waals surface area contributed by atoms with Crippen LogP contribution in [-0.2, 0) is 19.4 Å². The normalized spacial score (nSPS) is 11.4. The predicted octanol–water partition coefficient (Wildman–Crippen LogP) is 9.72. The van der Waals surface area contributed by atoms with Crippen molar-refractivity contribution in [3.8, 4) is 0 Å². The molecule has 0 aliphatic rings. The maximum absolute atomic E-state index is 11.6. The maximum atomic E-state index is 11.6. The highest BCUT2D eigenvalue weighted by Gasteiger charge is 2.09. The van der Waals surface area contributed by atoms with Gasteiger partial charge in [-0.1, -0.05) is 148 Å². The van der Waals surface area contributed by atoms with Crippen LogP contribution < -0.4 is 0 Å². The number of carbonyl (C=O) groups excluding carboxylic acids is 2. The lowest BCUT2D eigenvalue weighted by atomic mass is 10.0. The molecule has 0 N–H and O–H groups in total. The summed E-state index contributed by atoms with van der Waals surface area (Å²) in [6, 6.07) is 0. The van der Waals surface area contributed by atoms with E-state index < -0.39 is 11.9 Å². The van der Waals surface area contributed by atoms with Gasteiger partial charge in [-0.05, 0) is 19.8 Å². The fraction of sp³-hybridized carbons (Fsp3) is 0.800. The minimum atomic E-state index is -0.773. The second-order valence-corrected chi connectivity index (χ2v) is 9.72. The molecule has 0 aliphatic heterocycles. The van der Waals surface area contributed by atoms with Crippen molar-refractivity contribution in [1.29, 1.82) is 0 Å². The van der Waals surface area contributed by atoms with E-state index in [1.165, 1.54) is 128 Å². The van der Waals surface area contributed by atoms with E-state index in [9.17, 15) is 9.59 Å². The lowest BCUT2D eigenvalue weighted by Gasteiger charge is -2.04. The predicted molar refractivity (Wildman–Crippen MR) is 143 cm³/mol. The molecule has 0 saturated carbocycles. The summed E-state index contributed by atoms with van der Waals surface area (Å²) in [5, 5.41) is 0. The molecule has 0 saturated heterocycles. The lowest BCUT2D eigenvalue weighted by molar-refractivity contribution is -0.251. The van der Waals surface area contributed by atoms with Crippen molar-refractivity contribution in [3.63, 3.8) is 0 Å². The van der Waals surface area contributed by atoms with Crippen LogP contribution in [0.1, 0.15) is 155 Å². The van der Waals surface area contributed by atoms with Crippen LogP contribution in [0.15, 0.2) is 24.3 Å². The van der Waals surface area contributed by atoms with E-state index in [0.29, 0.717) is 5.57 Å². The summed E-state index contributed by atoms with van der Waals surface area (Å²) in [4.78, 5) is 31.2. The van der Waals surface area contributed by atoms with Crippen LogP contribution in [0, 0.1) is 0 Å². The molecule has 4 heteroatoms. The summed E-state index contributed by atoms with van der Waals surface area (Å²) >= 11 is 0. The molecule has 0 aromatic heterocycles. The lowest BCUT2D eigenvalue weighted by Crippen LogP contribution is -2.10. The van der Waals surface area contributed by atoms with E-state index in [-0.39, 0.29) is 0 Å². The third-order valence-electron chi connectivity index (χ3n) is 6.45. The van der Waals surface area contributed by atoms with Gasteiger partial charge in [0, 0.05) is 11.6 Å². The van der Waals surface area contributed by atoms with Gasteiger partial charge < -0.3 is 0 Å². The zero-order chi connectivity index (χ0) is 25.1. The molecule has 0 radical (unpaired) electrons. The average Bonchev–Trinajstić information content (AvgIpc) is 2.85. The smallest absolute Gasteiger partial charge is 0.242 e. The van der Waals surface area contributed by atoms with Gasteiger partial charge in [0.15, 0.2) is 0 Å². The molecular weight excluding hydrogens is 424 g/mol. The van der Waals surface area contributed by atoms with E-state index in [4.69, 9.17) is 0 Å². The first kappa shape index (κ1) is 32.4. The first-order valence-corrected chi connectivity index (χ1v) is 14.3. The Morgan fingerprint density at radius 3 is 1.29 bits per heavy atom. The molecule has 0 unspecified atom stereocenters. The Labute approximate surface area is 210 Å². The number of rotatable bonds is 24. The van der Waals surface area contributed by atoms with E-state index in [2.05, 4.69) is 23.3 Å². The van der Waals surface area contributed by atoms with Crippen molar-refractivity contribution < 1.29 is 19.4 Å². The third kappa shape index (κ3) is 23.6. The Morgan fingerprint density at radius 1 is 0.588 bits per heavy atom. The van der Waals surface area contributed by atoms with Crippen LogP contribution in [0.4, 0.5) is 0 Å². The maximum Gasteiger partial charge on any atom is 0.381 e. The summed E-state index contributed by atoms with van der Waals surface area (Å²) < 4.78 is 0. The van der Waals surface area contributed by atoms with Gasteiger partial charge in [0.2, 0.25) is 0 Å². The quantitative estimate of drug-likeness (QED) is 0.0599. The molecule has 0 aliphatic carbocycles. The van der Waals surface area contributed by atoms with Crippen LogP contribution in [0.2, 0.25) is 0 Å². The Balaban J connectivity index is 3.27. The molecule has 0 spiro atoms. The van der Waals surface area contributed by atoms with Gasteiger partial charge in [0.05, 0.1) is 0 Å². The zero-order valence-corrected chi connectivity index (χ0v) is 22.6. The zero-order valence-electron chi connectivity index (χ0n) is 22.6. The monoisotopic (exact) mass is 478 g/mol. The first-order valence-electron chi connectivity index (χ1n) is 14.3. The van der Waals surface area contributed by atoms with Crippen molar-refractivity contribution in [3.05, 3.63) is 24.3 Å². The van der Waals surface area contributed by atoms with E-state index in [0.717, 1.165) is 18.9 Å². The molecule has 198 valence electrons. The van der Waals surface area contributed by atoms with Gasteiger partial charge in [-0.2, -0.15) is 0 Å². The molecule has 0 aromatic carbocycles. The van der Waals surface area contributed by atoms with E-state index in [1.54, 1.807) is 6.92 Å². The highest BCUT2D eigenvalue weighted by molar-refractivity contribution is 5.88. The van der Waals surface area contributed by atoms with Crippen molar-refractivity contribution in [2.45, 2.75) is 155 Å². The summed E-state index contributed by atoms with van der Waals surface area (Å²) in [6.45, 7) is 7.19. The van der Waals surface area contributed by atoms with Gasteiger partial charge in [0.1, 0.15) is 0 Å². The van der Waals surface area contributed by atoms with E-state index >= 15 is 0 Å². The molecule has 0 aromatic rings. The minimum absolute atomic E-state index is 0.463. The molecule has 0 heterocycles. The van der Waals surface area contributed by atoms with Gasteiger partial charge in [0.25, 0.3) is 0 Å². The van der Waals surface area contributed by atoms with Crippen LogP contribution in [0.5, 0.6) is 0 Å². The van der Waals surface area contributed by atoms with Crippen LogP contribution in [0.3, 0.4) is 0 Å². The largest absolute Gasteiger partial charge is 0.381 e. The SMILES string of the molecule is C=CC(=O)OOC(=O)C(C)=CCCCCCCCCCCCCCCCCCCCCCCC. The van der Waals surface area contributed by atoms with Crippen LogP contribution in [0.25, 0.3) is 0 Å². The van der Waals surface area contributed by atoms with Crippen molar-refractivity contribution in [2.75, 3.05) is 0 Å².